The molecule has 0 spiro atoms. The number of thiol groups is 1. The summed E-state index contributed by atoms with van der Waals surface area (Å²) in [6.45, 7) is 0.405. The zero-order valence-electron chi connectivity index (χ0n) is 10.8. The molecular weight excluding hydrogens is 346 g/mol. The summed E-state index contributed by atoms with van der Waals surface area (Å²) in [6, 6.07) is 3.54. The van der Waals surface area contributed by atoms with Gasteiger partial charge >= 0.3 is 0 Å². The minimum absolute atomic E-state index is 0.405. The van der Waals surface area contributed by atoms with Crippen LogP contribution in [0.3, 0.4) is 0 Å². The van der Waals surface area contributed by atoms with Crippen LogP contribution in [0.15, 0.2) is 27.3 Å². The van der Waals surface area contributed by atoms with E-state index in [0.717, 1.165) is 10.3 Å². The second-order valence-corrected chi connectivity index (χ2v) is 7.87. The normalized spacial score (nSPS) is 12.1. The van der Waals surface area contributed by atoms with Gasteiger partial charge in [-0.25, -0.2) is 9.50 Å². The molecule has 0 radical (unpaired) electrons. The van der Waals surface area contributed by atoms with Crippen LogP contribution in [0.4, 0.5) is 0 Å². The summed E-state index contributed by atoms with van der Waals surface area (Å²) in [7, 11) is -2.46. The van der Waals surface area contributed by atoms with Crippen LogP contribution in [0.5, 0.6) is 5.88 Å². The fourth-order valence-corrected chi connectivity index (χ4v) is 2.98. The Labute approximate surface area is 125 Å². The Hall–Kier alpha value is -1.50. The summed E-state index contributed by atoms with van der Waals surface area (Å²) in [5.74, 6) is 0.934. The van der Waals surface area contributed by atoms with Crippen LogP contribution in [0.25, 0.3) is 5.65 Å². The lowest BCUT2D eigenvalue weighted by atomic mass is 10.5. The van der Waals surface area contributed by atoms with E-state index in [0.29, 0.717) is 24.7 Å². The third kappa shape index (κ3) is 3.75. The van der Waals surface area contributed by atoms with E-state index in [4.69, 9.17) is 10.00 Å². The highest BCUT2D eigenvalue weighted by molar-refractivity contribution is 9.10. The number of hydrogen-bond acceptors (Lipinski definition) is 5. The molecule has 0 unspecified atom stereocenters. The standard InChI is InChI=1S/C11H14BrN5O2S/c1-20(18,15-8-13)6-2-5-19-11-4-3-10-14-7-9(12)17(10)16-11/h3-4,7,20H,2,5-6H2,1H3,(H,15,18). The van der Waals surface area contributed by atoms with Gasteiger partial charge in [0.2, 0.25) is 12.1 Å². The Morgan fingerprint density at radius 3 is 3.15 bits per heavy atom. The lowest BCUT2D eigenvalue weighted by molar-refractivity contribution is 0.300. The zero-order chi connectivity index (χ0) is 14.6. The first-order valence-corrected chi connectivity index (χ1v) is 8.96. The summed E-state index contributed by atoms with van der Waals surface area (Å²) in [4.78, 5) is 4.13. The van der Waals surface area contributed by atoms with Crippen LogP contribution >= 0.6 is 15.9 Å². The van der Waals surface area contributed by atoms with Crippen molar-refractivity contribution >= 4 is 31.7 Å². The zero-order valence-corrected chi connectivity index (χ0v) is 13.3. The molecule has 2 aromatic heterocycles. The van der Waals surface area contributed by atoms with E-state index in [-0.39, 0.29) is 0 Å². The topological polar surface area (TPSA) is 95.8 Å². The molecule has 2 rings (SSSR count). The molecule has 0 amide bonds. The van der Waals surface area contributed by atoms with Gasteiger partial charge in [0.1, 0.15) is 4.60 Å². The molecule has 0 aromatic carbocycles. The Morgan fingerprint density at radius 1 is 1.60 bits per heavy atom. The molecule has 0 aliphatic carbocycles. The third-order valence-electron chi connectivity index (χ3n) is 2.53. The number of nitriles is 1. The van der Waals surface area contributed by atoms with Gasteiger partial charge in [0.25, 0.3) is 0 Å². The third-order valence-corrected chi connectivity index (χ3v) is 4.76. The van der Waals surface area contributed by atoms with Crippen molar-refractivity contribution in [3.8, 4) is 12.1 Å². The van der Waals surface area contributed by atoms with Crippen molar-refractivity contribution in [1.82, 2.24) is 14.6 Å². The molecule has 0 fully saturated rings. The Balaban J connectivity index is 1.92. The monoisotopic (exact) mass is 359 g/mol. The van der Waals surface area contributed by atoms with Crippen molar-refractivity contribution in [3.63, 3.8) is 0 Å². The van der Waals surface area contributed by atoms with E-state index in [1.807, 2.05) is 0 Å². The Morgan fingerprint density at radius 2 is 2.40 bits per heavy atom. The largest absolute Gasteiger partial charge is 0.477 e. The molecule has 108 valence electrons. The first-order chi connectivity index (χ1) is 9.52. The highest BCUT2D eigenvalue weighted by atomic mass is 79.9. The van der Waals surface area contributed by atoms with E-state index in [1.165, 1.54) is 0 Å². The SMILES string of the molecule is C[SH](O)(CCCOc1ccc2ncc(Br)n2n1)=NC#N. The molecule has 0 aliphatic rings. The van der Waals surface area contributed by atoms with Gasteiger partial charge in [-0.1, -0.05) is 10.1 Å². The van der Waals surface area contributed by atoms with Crippen molar-refractivity contribution in [2.45, 2.75) is 6.42 Å². The minimum atomic E-state index is -2.46. The molecule has 1 N–H and O–H groups in total. The maximum absolute atomic E-state index is 9.79. The van der Waals surface area contributed by atoms with Crippen molar-refractivity contribution in [3.05, 3.63) is 22.9 Å². The highest BCUT2D eigenvalue weighted by Gasteiger charge is 2.05. The van der Waals surface area contributed by atoms with Gasteiger partial charge in [-0.3, -0.25) is 0 Å². The molecule has 9 heteroatoms. The lowest BCUT2D eigenvalue weighted by Crippen LogP contribution is -2.15. The van der Waals surface area contributed by atoms with Crippen LogP contribution < -0.4 is 4.74 Å². The van der Waals surface area contributed by atoms with Gasteiger partial charge in [0, 0.05) is 11.8 Å². The van der Waals surface area contributed by atoms with Crippen LogP contribution in [0.1, 0.15) is 6.42 Å². The number of nitrogens with zero attached hydrogens (tertiary/aromatic N) is 5. The molecule has 0 aliphatic heterocycles. The summed E-state index contributed by atoms with van der Waals surface area (Å²) < 4.78 is 21.2. The van der Waals surface area contributed by atoms with Gasteiger partial charge in [0.15, 0.2) is 5.65 Å². The van der Waals surface area contributed by atoms with Crippen LogP contribution in [-0.2, 0) is 10.1 Å². The molecule has 0 atom stereocenters. The molecule has 2 aromatic rings. The first kappa shape index (κ1) is 14.9. The van der Waals surface area contributed by atoms with Gasteiger partial charge in [-0.05, 0) is 34.7 Å². The molecule has 2 heterocycles. The van der Waals surface area contributed by atoms with Crippen molar-refractivity contribution in [2.24, 2.45) is 4.36 Å². The van der Waals surface area contributed by atoms with Gasteiger partial charge in [0.05, 0.1) is 12.8 Å². The van der Waals surface area contributed by atoms with E-state index in [1.54, 1.807) is 35.3 Å². The van der Waals surface area contributed by atoms with E-state index >= 15 is 0 Å². The van der Waals surface area contributed by atoms with E-state index in [2.05, 4.69) is 30.4 Å². The number of fused-ring (bicyclic) bond motifs is 1. The molecule has 0 bridgehead atoms. The second kappa shape index (κ2) is 6.30. The average Bonchev–Trinajstić information content (AvgIpc) is 2.76. The lowest BCUT2D eigenvalue weighted by Gasteiger charge is -2.15. The summed E-state index contributed by atoms with van der Waals surface area (Å²) in [5.41, 5.74) is 0.728. The Kier molecular flexibility index (Phi) is 4.69. The van der Waals surface area contributed by atoms with Gasteiger partial charge in [-0.2, -0.15) is 5.26 Å². The van der Waals surface area contributed by atoms with Crippen molar-refractivity contribution in [1.29, 1.82) is 5.26 Å². The number of ether oxygens (including phenoxy) is 1. The Bertz CT molecular complexity index is 702. The number of rotatable bonds is 5. The minimum Gasteiger partial charge on any atom is -0.477 e. The van der Waals surface area contributed by atoms with E-state index in [9.17, 15) is 4.55 Å². The fourth-order valence-electron chi connectivity index (χ4n) is 1.59. The second-order valence-electron chi connectivity index (χ2n) is 4.24. The summed E-state index contributed by atoms with van der Waals surface area (Å²) in [5, 5.41) is 12.7. The smallest absolute Gasteiger partial charge is 0.231 e. The molecule has 20 heavy (non-hydrogen) atoms. The predicted molar refractivity (Wildman–Crippen MR) is 81.0 cm³/mol. The molecule has 7 nitrogen and oxygen atoms in total. The number of halogens is 1. The van der Waals surface area contributed by atoms with Crippen molar-refractivity contribution < 1.29 is 9.29 Å². The fraction of sp³-hybridized carbons (Fsp3) is 0.364. The number of imidazole rings is 1. The number of aromatic nitrogens is 3. The summed E-state index contributed by atoms with van der Waals surface area (Å²) >= 11 is 3.34. The predicted octanol–water partition coefficient (Wildman–Crippen LogP) is 1.91. The maximum Gasteiger partial charge on any atom is 0.231 e. The first-order valence-electron chi connectivity index (χ1n) is 5.84. The maximum atomic E-state index is 9.79. The van der Waals surface area contributed by atoms with Crippen LogP contribution in [-0.4, -0.2) is 37.8 Å². The molecular formula is C11H14BrN5O2S. The van der Waals surface area contributed by atoms with Crippen LogP contribution in [0, 0.1) is 11.5 Å². The quantitative estimate of drug-likeness (QED) is 0.483. The average molecular weight is 360 g/mol. The van der Waals surface area contributed by atoms with Gasteiger partial charge < -0.3 is 9.29 Å². The highest BCUT2D eigenvalue weighted by Crippen LogP contribution is 2.14. The molecule has 0 saturated heterocycles. The summed E-state index contributed by atoms with van der Waals surface area (Å²) in [6.07, 6.45) is 5.52. The van der Waals surface area contributed by atoms with Gasteiger partial charge in [-0.15, -0.1) is 9.46 Å². The molecule has 0 saturated carbocycles. The number of hydrogen-bond donors (Lipinski definition) is 2. The van der Waals surface area contributed by atoms with Crippen LogP contribution in [0.2, 0.25) is 0 Å². The van der Waals surface area contributed by atoms with Crippen molar-refractivity contribution in [2.75, 3.05) is 18.6 Å². The van der Waals surface area contributed by atoms with E-state index < -0.39 is 10.1 Å².